The Bertz CT molecular complexity index is 248. The Kier molecular flexibility index (Phi) is 8.02. The first-order valence-electron chi connectivity index (χ1n) is 7.63. The summed E-state index contributed by atoms with van der Waals surface area (Å²) in [6.07, 6.45) is 2.30. The molecule has 1 saturated heterocycles. The summed E-state index contributed by atoms with van der Waals surface area (Å²) in [7, 11) is 0. The SMILES string of the molecule is CCN(CC)C(=O)CN1CCN(CCCCN)CC1. The van der Waals surface area contributed by atoms with Crippen LogP contribution in [0.5, 0.6) is 0 Å². The summed E-state index contributed by atoms with van der Waals surface area (Å²) in [6, 6.07) is 0. The van der Waals surface area contributed by atoms with E-state index in [1.54, 1.807) is 0 Å². The molecule has 0 saturated carbocycles. The third-order valence-electron chi connectivity index (χ3n) is 3.87. The minimum Gasteiger partial charge on any atom is -0.342 e. The molecule has 0 bridgehead atoms. The molecule has 19 heavy (non-hydrogen) atoms. The number of carbonyl (C=O) groups is 1. The third kappa shape index (κ3) is 5.89. The van der Waals surface area contributed by atoms with Crippen LogP contribution in [0.1, 0.15) is 26.7 Å². The summed E-state index contributed by atoms with van der Waals surface area (Å²) in [6.45, 7) is 12.4. The Balaban J connectivity index is 2.20. The Hall–Kier alpha value is -0.650. The topological polar surface area (TPSA) is 52.8 Å². The first-order chi connectivity index (χ1) is 9.21. The lowest BCUT2D eigenvalue weighted by molar-refractivity contribution is -0.132. The van der Waals surface area contributed by atoms with E-state index in [4.69, 9.17) is 5.73 Å². The quantitative estimate of drug-likeness (QED) is 0.641. The average Bonchev–Trinajstić information content (AvgIpc) is 2.42. The maximum Gasteiger partial charge on any atom is 0.236 e. The molecule has 2 N–H and O–H groups in total. The Morgan fingerprint density at radius 3 is 2.16 bits per heavy atom. The van der Waals surface area contributed by atoms with Crippen LogP contribution >= 0.6 is 0 Å². The van der Waals surface area contributed by atoms with Crippen LogP contribution in [-0.4, -0.2) is 79.5 Å². The first kappa shape index (κ1) is 16.4. The van der Waals surface area contributed by atoms with Crippen molar-refractivity contribution < 1.29 is 4.79 Å². The molecule has 5 heteroatoms. The van der Waals surface area contributed by atoms with E-state index in [0.717, 1.165) is 58.8 Å². The van der Waals surface area contributed by atoms with E-state index < -0.39 is 0 Å². The van der Waals surface area contributed by atoms with Gasteiger partial charge in [0, 0.05) is 39.3 Å². The molecular weight excluding hydrogens is 240 g/mol. The lowest BCUT2D eigenvalue weighted by atomic mass is 10.2. The second-order valence-corrected chi connectivity index (χ2v) is 5.18. The standard InChI is InChI=1S/C14H30N4O/c1-3-18(4-2)14(19)13-17-11-9-16(10-12-17)8-6-5-7-15/h3-13,15H2,1-2H3. The molecule has 0 aromatic carbocycles. The van der Waals surface area contributed by atoms with Gasteiger partial charge in [0.15, 0.2) is 0 Å². The van der Waals surface area contributed by atoms with Gasteiger partial charge in [-0.3, -0.25) is 9.69 Å². The van der Waals surface area contributed by atoms with Crippen molar-refractivity contribution in [2.75, 3.05) is 58.9 Å². The second-order valence-electron chi connectivity index (χ2n) is 5.18. The van der Waals surface area contributed by atoms with E-state index >= 15 is 0 Å². The lowest BCUT2D eigenvalue weighted by Crippen LogP contribution is -2.50. The van der Waals surface area contributed by atoms with Crippen molar-refractivity contribution in [3.05, 3.63) is 0 Å². The van der Waals surface area contributed by atoms with Gasteiger partial charge in [-0.05, 0) is 39.8 Å². The zero-order chi connectivity index (χ0) is 14.1. The fraction of sp³-hybridized carbons (Fsp3) is 0.929. The van der Waals surface area contributed by atoms with Crippen LogP contribution in [-0.2, 0) is 4.79 Å². The van der Waals surface area contributed by atoms with Crippen molar-refractivity contribution in [2.24, 2.45) is 5.73 Å². The molecule has 1 heterocycles. The molecule has 1 rings (SSSR count). The first-order valence-corrected chi connectivity index (χ1v) is 7.63. The van der Waals surface area contributed by atoms with Crippen LogP contribution in [0, 0.1) is 0 Å². The zero-order valence-electron chi connectivity index (χ0n) is 12.6. The van der Waals surface area contributed by atoms with Gasteiger partial charge in [-0.15, -0.1) is 0 Å². The molecule has 0 spiro atoms. The normalized spacial score (nSPS) is 17.6. The fourth-order valence-corrected chi connectivity index (χ4v) is 2.52. The molecule has 1 aliphatic heterocycles. The molecule has 0 unspecified atom stereocenters. The maximum absolute atomic E-state index is 12.0. The van der Waals surface area contributed by atoms with Gasteiger partial charge in [-0.25, -0.2) is 0 Å². The lowest BCUT2D eigenvalue weighted by Gasteiger charge is -2.35. The number of hydrogen-bond donors (Lipinski definition) is 1. The van der Waals surface area contributed by atoms with Gasteiger partial charge in [0.1, 0.15) is 0 Å². The van der Waals surface area contributed by atoms with Gasteiger partial charge in [-0.1, -0.05) is 0 Å². The number of hydrogen-bond acceptors (Lipinski definition) is 4. The molecule has 1 amide bonds. The average molecular weight is 270 g/mol. The van der Waals surface area contributed by atoms with Crippen LogP contribution in [0.3, 0.4) is 0 Å². The summed E-state index contributed by atoms with van der Waals surface area (Å²) in [5, 5.41) is 0. The van der Waals surface area contributed by atoms with Gasteiger partial charge in [0.25, 0.3) is 0 Å². The number of nitrogens with two attached hydrogens (primary N) is 1. The van der Waals surface area contributed by atoms with Gasteiger partial charge in [0.05, 0.1) is 6.54 Å². The van der Waals surface area contributed by atoms with Crippen LogP contribution in [0.2, 0.25) is 0 Å². The van der Waals surface area contributed by atoms with Crippen molar-refractivity contribution in [3.8, 4) is 0 Å². The predicted octanol–water partition coefficient (Wildman–Crippen LogP) is 0.211. The number of amides is 1. The summed E-state index contributed by atoms with van der Waals surface area (Å²) in [4.78, 5) is 18.7. The Morgan fingerprint density at radius 2 is 1.63 bits per heavy atom. The fourth-order valence-electron chi connectivity index (χ4n) is 2.52. The number of piperazine rings is 1. The highest BCUT2D eigenvalue weighted by molar-refractivity contribution is 5.78. The molecule has 0 aromatic heterocycles. The number of rotatable bonds is 8. The van der Waals surface area contributed by atoms with Gasteiger partial charge < -0.3 is 15.5 Å². The second kappa shape index (κ2) is 9.28. The minimum atomic E-state index is 0.265. The van der Waals surface area contributed by atoms with Gasteiger partial charge in [-0.2, -0.15) is 0 Å². The van der Waals surface area contributed by atoms with Crippen molar-refractivity contribution in [1.29, 1.82) is 0 Å². The molecule has 5 nitrogen and oxygen atoms in total. The maximum atomic E-state index is 12.0. The van der Waals surface area contributed by atoms with Crippen molar-refractivity contribution in [1.82, 2.24) is 14.7 Å². The largest absolute Gasteiger partial charge is 0.342 e. The highest BCUT2D eigenvalue weighted by atomic mass is 16.2. The summed E-state index contributed by atoms with van der Waals surface area (Å²) in [5.41, 5.74) is 5.51. The van der Waals surface area contributed by atoms with Crippen LogP contribution < -0.4 is 5.73 Å². The predicted molar refractivity (Wildman–Crippen MR) is 79.1 cm³/mol. The molecule has 0 aromatic rings. The minimum absolute atomic E-state index is 0.265. The summed E-state index contributed by atoms with van der Waals surface area (Å²) < 4.78 is 0. The molecule has 0 radical (unpaired) electrons. The molecule has 1 fully saturated rings. The van der Waals surface area contributed by atoms with Crippen molar-refractivity contribution in [3.63, 3.8) is 0 Å². The van der Waals surface area contributed by atoms with Crippen molar-refractivity contribution in [2.45, 2.75) is 26.7 Å². The van der Waals surface area contributed by atoms with Crippen LogP contribution in [0.15, 0.2) is 0 Å². The zero-order valence-corrected chi connectivity index (χ0v) is 12.6. The number of likely N-dealkylation sites (N-methyl/N-ethyl adjacent to an activating group) is 1. The van der Waals surface area contributed by atoms with Crippen LogP contribution in [0.25, 0.3) is 0 Å². The molecule has 112 valence electrons. The highest BCUT2D eigenvalue weighted by Gasteiger charge is 2.20. The monoisotopic (exact) mass is 270 g/mol. The van der Waals surface area contributed by atoms with Crippen LogP contribution in [0.4, 0.5) is 0 Å². The summed E-state index contributed by atoms with van der Waals surface area (Å²) >= 11 is 0. The van der Waals surface area contributed by atoms with E-state index in [9.17, 15) is 4.79 Å². The molecule has 0 atom stereocenters. The van der Waals surface area contributed by atoms with E-state index in [2.05, 4.69) is 9.80 Å². The molecule has 0 aliphatic carbocycles. The van der Waals surface area contributed by atoms with E-state index in [0.29, 0.717) is 6.54 Å². The summed E-state index contributed by atoms with van der Waals surface area (Å²) in [5.74, 6) is 0.265. The van der Waals surface area contributed by atoms with Gasteiger partial charge >= 0.3 is 0 Å². The molecule has 1 aliphatic rings. The highest BCUT2D eigenvalue weighted by Crippen LogP contribution is 2.04. The van der Waals surface area contributed by atoms with E-state index in [-0.39, 0.29) is 5.91 Å². The molecular formula is C14H30N4O. The smallest absolute Gasteiger partial charge is 0.236 e. The van der Waals surface area contributed by atoms with E-state index in [1.165, 1.54) is 6.42 Å². The van der Waals surface area contributed by atoms with Gasteiger partial charge in [0.2, 0.25) is 5.91 Å². The van der Waals surface area contributed by atoms with Crippen molar-refractivity contribution >= 4 is 5.91 Å². The number of carbonyl (C=O) groups excluding carboxylic acids is 1. The third-order valence-corrected chi connectivity index (χ3v) is 3.87. The van der Waals surface area contributed by atoms with E-state index in [1.807, 2.05) is 18.7 Å². The Labute approximate surface area is 117 Å². The number of nitrogens with zero attached hydrogens (tertiary/aromatic N) is 3. The Morgan fingerprint density at radius 1 is 1.05 bits per heavy atom. The number of unbranched alkanes of at least 4 members (excludes halogenated alkanes) is 1.